The van der Waals surface area contributed by atoms with Crippen molar-refractivity contribution in [2.45, 2.75) is 70.6 Å². The van der Waals surface area contributed by atoms with Crippen molar-refractivity contribution in [1.82, 2.24) is 0 Å². The van der Waals surface area contributed by atoms with Crippen LogP contribution in [-0.2, 0) is 17.3 Å². The van der Waals surface area contributed by atoms with E-state index in [-0.39, 0.29) is 10.8 Å². The van der Waals surface area contributed by atoms with Crippen LogP contribution in [0.25, 0.3) is 82.6 Å². The van der Waals surface area contributed by atoms with Gasteiger partial charge in [-0.15, -0.1) is 0 Å². The molecule has 0 heterocycles. The average Bonchev–Trinajstić information content (AvgIpc) is 1.31. The quantitative estimate of drug-likeness (QED) is 0.140. The molecule has 0 bridgehead atoms. The predicted molar refractivity (Wildman–Crippen MR) is 366 cm³/mol. The number of hydrogen-bond acceptors (Lipinski definition) is 2. The highest BCUT2D eigenvalue weighted by molar-refractivity contribution is 6.21. The third-order valence-corrected chi connectivity index (χ3v) is 20.3. The third kappa shape index (κ3) is 7.92. The van der Waals surface area contributed by atoms with Crippen LogP contribution in [0.1, 0.15) is 92.3 Å². The van der Waals surface area contributed by atoms with E-state index in [9.17, 15) is 0 Å². The van der Waals surface area contributed by atoms with Gasteiger partial charge in [-0.2, -0.15) is 0 Å². The molecular weight excluding hydrogens is 1040 g/mol. The second kappa shape index (κ2) is 19.4. The molecule has 0 aromatic heterocycles. The summed E-state index contributed by atoms with van der Waals surface area (Å²) in [7, 11) is 0. The molecule has 0 fully saturated rings. The predicted octanol–water partition coefficient (Wildman–Crippen LogP) is 22.7. The standard InChI is InChI=1S/C84H66N2/c1-83(2)77-27-15-13-25-69(77)71-41-33-61(49-79(71)83)81-73-43-39-68(86(65-37-31-55-19-7-11-23-59(55)47-65)66-38-32-56-20-8-12-24-60(56)48-66)52-76(73)82(62-34-42-72-70-26-14-16-28-78(70)84(3,4)80(72)50-62)74-44-40-67(51-75(74)81)85(63-35-29-53-17-5-9-21-57(53)45-63)64-36-30-54-18-6-10-22-58(54)46-64/h5-11,13-23,25-32,34-40,42-45,47-52,58H,12,24,33,41,46H2,1-4H3. The van der Waals surface area contributed by atoms with Crippen molar-refractivity contribution in [2.24, 2.45) is 5.92 Å². The SMILES string of the molecule is CC1(C)C2=C(CCC(c3c4cc(N(C5=CC=C6C=CC=CC6C5)c5ccc6ccccc6c5)ccc4c(-c4ccc5c(c4)C(C)(C)c4ccccc4-5)c4cc(N(c5ccc6c(c5)CCC=C6)c5ccc6ccccc6c5)ccc34)=C2)c2ccccc21. The van der Waals surface area contributed by atoms with Crippen LogP contribution in [0.2, 0.25) is 0 Å². The molecule has 0 N–H and O–H groups in total. The molecular formula is C84H66N2. The molecule has 0 aliphatic heterocycles. The van der Waals surface area contributed by atoms with Crippen LogP contribution in [0.4, 0.5) is 28.4 Å². The van der Waals surface area contributed by atoms with E-state index in [0.29, 0.717) is 5.92 Å². The fraction of sp³-hybridized carbons (Fsp3) is 0.143. The van der Waals surface area contributed by atoms with Gasteiger partial charge in [-0.25, -0.2) is 0 Å². The molecule has 6 aliphatic rings. The molecule has 11 aromatic carbocycles. The van der Waals surface area contributed by atoms with E-state index in [0.717, 1.165) is 49.2 Å². The molecule has 2 heteroatoms. The van der Waals surface area contributed by atoms with E-state index in [1.54, 1.807) is 0 Å². The summed E-state index contributed by atoms with van der Waals surface area (Å²) in [4.78, 5) is 5.09. The van der Waals surface area contributed by atoms with Crippen molar-refractivity contribution in [3.05, 3.63) is 311 Å². The first-order chi connectivity index (χ1) is 42.1. The Labute approximate surface area is 505 Å². The number of nitrogens with zero attached hydrogens (tertiary/aromatic N) is 2. The lowest BCUT2D eigenvalue weighted by atomic mass is 9.76. The zero-order valence-electron chi connectivity index (χ0n) is 49.3. The van der Waals surface area contributed by atoms with E-state index < -0.39 is 0 Å². The Bertz CT molecular complexity index is 4980. The molecule has 11 aromatic rings. The molecule has 0 radical (unpaired) electrons. The minimum absolute atomic E-state index is 0.142. The number of hydrogen-bond donors (Lipinski definition) is 0. The van der Waals surface area contributed by atoms with Crippen molar-refractivity contribution in [1.29, 1.82) is 0 Å². The highest BCUT2D eigenvalue weighted by Gasteiger charge is 2.39. The summed E-state index contributed by atoms with van der Waals surface area (Å²) in [5.74, 6) is 0.306. The van der Waals surface area contributed by atoms with E-state index in [1.807, 2.05) is 0 Å². The Kier molecular flexibility index (Phi) is 11.4. The summed E-state index contributed by atoms with van der Waals surface area (Å²) < 4.78 is 0. The van der Waals surface area contributed by atoms with Crippen molar-refractivity contribution in [3.8, 4) is 22.3 Å². The second-order valence-corrected chi connectivity index (χ2v) is 25.8. The monoisotopic (exact) mass is 1100 g/mol. The molecule has 1 atom stereocenters. The highest BCUT2D eigenvalue weighted by Crippen LogP contribution is 2.56. The van der Waals surface area contributed by atoms with E-state index >= 15 is 0 Å². The Hall–Kier alpha value is -9.76. The van der Waals surface area contributed by atoms with Crippen LogP contribution < -0.4 is 9.80 Å². The molecule has 0 amide bonds. The number of anilines is 5. The van der Waals surface area contributed by atoms with Crippen molar-refractivity contribution in [2.75, 3.05) is 9.80 Å². The summed E-state index contributed by atoms with van der Waals surface area (Å²) in [6.45, 7) is 9.72. The van der Waals surface area contributed by atoms with Gasteiger partial charge < -0.3 is 9.80 Å². The fourth-order valence-electron chi connectivity index (χ4n) is 15.9. The van der Waals surface area contributed by atoms with Crippen LogP contribution >= 0.6 is 0 Å². The van der Waals surface area contributed by atoms with Crippen LogP contribution in [0.3, 0.4) is 0 Å². The van der Waals surface area contributed by atoms with Crippen LogP contribution in [0.5, 0.6) is 0 Å². The first-order valence-corrected chi connectivity index (χ1v) is 31.1. The third-order valence-electron chi connectivity index (χ3n) is 20.3. The van der Waals surface area contributed by atoms with Crippen LogP contribution in [0, 0.1) is 5.92 Å². The molecule has 86 heavy (non-hydrogen) atoms. The maximum absolute atomic E-state index is 2.63. The van der Waals surface area contributed by atoms with Crippen LogP contribution in [0.15, 0.2) is 272 Å². The highest BCUT2D eigenvalue weighted by atomic mass is 15.2. The van der Waals surface area contributed by atoms with Crippen molar-refractivity contribution < 1.29 is 0 Å². The number of benzene rings is 11. The smallest absolute Gasteiger partial charge is 0.0468 e. The van der Waals surface area contributed by atoms with E-state index in [4.69, 9.17) is 0 Å². The molecule has 2 nitrogen and oxygen atoms in total. The Morgan fingerprint density at radius 3 is 1.80 bits per heavy atom. The van der Waals surface area contributed by atoms with Crippen LogP contribution in [-0.4, -0.2) is 0 Å². The van der Waals surface area contributed by atoms with Gasteiger partial charge >= 0.3 is 0 Å². The van der Waals surface area contributed by atoms with Gasteiger partial charge in [-0.05, 0) is 231 Å². The Morgan fingerprint density at radius 1 is 0.430 bits per heavy atom. The second-order valence-electron chi connectivity index (χ2n) is 25.8. The summed E-state index contributed by atoms with van der Waals surface area (Å²) in [5.41, 5.74) is 27.3. The van der Waals surface area contributed by atoms with Crippen molar-refractivity contribution >= 4 is 88.7 Å². The summed E-state index contributed by atoms with van der Waals surface area (Å²) in [6, 6.07) is 79.4. The molecule has 0 saturated carbocycles. The molecule has 1 unspecified atom stereocenters. The molecule has 6 aliphatic carbocycles. The normalized spacial score (nSPS) is 17.4. The zero-order valence-corrected chi connectivity index (χ0v) is 49.3. The summed E-state index contributed by atoms with van der Waals surface area (Å²) in [6.07, 6.45) is 25.9. The average molecular weight is 1100 g/mol. The lowest BCUT2D eigenvalue weighted by Crippen LogP contribution is -2.21. The lowest BCUT2D eigenvalue weighted by Gasteiger charge is -2.33. The van der Waals surface area contributed by atoms with Gasteiger partial charge in [-0.3, -0.25) is 0 Å². The minimum Gasteiger partial charge on any atom is -0.314 e. The maximum Gasteiger partial charge on any atom is 0.0468 e. The largest absolute Gasteiger partial charge is 0.314 e. The minimum atomic E-state index is -0.184. The van der Waals surface area contributed by atoms with Gasteiger partial charge in [0.2, 0.25) is 0 Å². The number of fused-ring (bicyclic) bond motifs is 11. The van der Waals surface area contributed by atoms with E-state index in [2.05, 4.69) is 298 Å². The Morgan fingerprint density at radius 2 is 1.03 bits per heavy atom. The van der Waals surface area contributed by atoms with Gasteiger partial charge in [0.15, 0.2) is 0 Å². The number of aryl methyl sites for hydroxylation is 1. The van der Waals surface area contributed by atoms with Gasteiger partial charge in [-0.1, -0.05) is 216 Å². The first kappa shape index (κ1) is 50.7. The molecule has 0 spiro atoms. The molecule has 17 rings (SSSR count). The number of allylic oxidation sites excluding steroid dienone is 13. The van der Waals surface area contributed by atoms with Gasteiger partial charge in [0.1, 0.15) is 0 Å². The molecule has 412 valence electrons. The zero-order chi connectivity index (χ0) is 57.4. The van der Waals surface area contributed by atoms with Gasteiger partial charge in [0.05, 0.1) is 0 Å². The lowest BCUT2D eigenvalue weighted by molar-refractivity contribution is 0.652. The number of rotatable bonds is 8. The summed E-state index contributed by atoms with van der Waals surface area (Å²) >= 11 is 0. The van der Waals surface area contributed by atoms with Gasteiger partial charge in [0, 0.05) is 50.9 Å². The Balaban J connectivity index is 0.968. The first-order valence-electron chi connectivity index (χ1n) is 31.1. The van der Waals surface area contributed by atoms with E-state index in [1.165, 1.54) is 144 Å². The maximum atomic E-state index is 2.63. The topological polar surface area (TPSA) is 6.48 Å². The fourth-order valence-corrected chi connectivity index (χ4v) is 15.9. The molecule has 0 saturated heterocycles. The van der Waals surface area contributed by atoms with Gasteiger partial charge in [0.25, 0.3) is 0 Å². The summed E-state index contributed by atoms with van der Waals surface area (Å²) in [5, 5.41) is 10.00. The van der Waals surface area contributed by atoms with Crippen molar-refractivity contribution in [3.63, 3.8) is 0 Å².